The molecule has 2 aromatic heterocycles. The summed E-state index contributed by atoms with van der Waals surface area (Å²) < 4.78 is 5.45. The first-order valence-electron chi connectivity index (χ1n) is 8.68. The third-order valence-corrected chi connectivity index (χ3v) is 4.75. The van der Waals surface area contributed by atoms with Crippen LogP contribution >= 0.6 is 0 Å². The number of pyridine rings is 1. The molecular weight excluding hydrogens is 348 g/mol. The van der Waals surface area contributed by atoms with E-state index in [2.05, 4.69) is 15.1 Å². The molecule has 0 radical (unpaired) electrons. The first kappa shape index (κ1) is 17.3. The average Bonchev–Trinajstić information content (AvgIpc) is 3.29. The van der Waals surface area contributed by atoms with Crippen LogP contribution in [0.4, 0.5) is 0 Å². The van der Waals surface area contributed by atoms with Gasteiger partial charge >= 0.3 is 0 Å². The van der Waals surface area contributed by atoms with Gasteiger partial charge < -0.3 is 24.4 Å². The van der Waals surface area contributed by atoms with Crippen molar-refractivity contribution in [3.05, 3.63) is 65.7 Å². The van der Waals surface area contributed by atoms with Crippen LogP contribution in [-0.4, -0.2) is 38.8 Å². The first-order chi connectivity index (χ1) is 13.1. The molecule has 1 fully saturated rings. The molecule has 2 N–H and O–H groups in total. The maximum Gasteiger partial charge on any atom is 0.285 e. The van der Waals surface area contributed by atoms with Gasteiger partial charge in [0, 0.05) is 18.2 Å². The van der Waals surface area contributed by atoms with Gasteiger partial charge in [0.15, 0.2) is 6.04 Å². The number of aliphatic hydroxyl groups is 1. The summed E-state index contributed by atoms with van der Waals surface area (Å²) in [5, 5.41) is 25.0. The van der Waals surface area contributed by atoms with E-state index in [1.54, 1.807) is 18.3 Å². The van der Waals surface area contributed by atoms with Crippen LogP contribution in [0, 0.1) is 0 Å². The molecule has 0 aliphatic carbocycles. The number of carboxylic acids is 1. The predicted molar refractivity (Wildman–Crippen MR) is 91.2 cm³/mol. The Hall–Kier alpha value is -3.10. The van der Waals surface area contributed by atoms with Crippen molar-refractivity contribution in [2.75, 3.05) is 6.54 Å². The summed E-state index contributed by atoms with van der Waals surface area (Å²) in [7, 11) is 0. The number of aliphatic hydroxyl groups excluding tert-OH is 1. The second-order valence-corrected chi connectivity index (χ2v) is 6.64. The number of quaternary nitrogens is 1. The number of nitrogens with zero attached hydrogens (tertiary/aromatic N) is 3. The number of carbonyl (C=O) groups excluding carboxylic acids is 1. The molecule has 8 nitrogen and oxygen atoms in total. The Kier molecular flexibility index (Phi) is 4.66. The summed E-state index contributed by atoms with van der Waals surface area (Å²) in [5.74, 6) is -0.311. The fourth-order valence-corrected chi connectivity index (χ4v) is 3.43. The minimum absolute atomic E-state index is 0.134. The minimum atomic E-state index is -1.20. The highest BCUT2D eigenvalue weighted by Gasteiger charge is 2.40. The number of rotatable bonds is 5. The van der Waals surface area contributed by atoms with E-state index in [0.29, 0.717) is 36.9 Å². The number of hydrogen-bond acceptors (Lipinski definition) is 7. The van der Waals surface area contributed by atoms with E-state index in [1.165, 1.54) is 12.1 Å². The Morgan fingerprint density at radius 2 is 2.07 bits per heavy atom. The average molecular weight is 366 g/mol. The Morgan fingerprint density at radius 3 is 2.78 bits per heavy atom. The summed E-state index contributed by atoms with van der Waals surface area (Å²) >= 11 is 0. The van der Waals surface area contributed by atoms with Gasteiger partial charge in [-0.3, -0.25) is 4.98 Å². The van der Waals surface area contributed by atoms with E-state index < -0.39 is 12.1 Å². The van der Waals surface area contributed by atoms with Crippen LogP contribution in [0.25, 0.3) is 11.5 Å². The standard InChI is InChI=1S/C19H18N4O4/c24-14-9-16(18-21-17(22-27-18)15-3-1-2-8-20-15)23(11-14)10-12-4-6-13(7-5-12)19(25)26/h1-8,14,16,24H,9-11H2,(H,25,26)/t14-,16+/m1/s1. The molecule has 138 valence electrons. The SMILES string of the molecule is O=C([O-])c1ccc(C[NH+]2C[C@H](O)C[C@H]2c2nc(-c3ccccn3)no2)cc1. The molecule has 4 rings (SSSR count). The zero-order chi connectivity index (χ0) is 18.8. The number of benzene rings is 1. The van der Waals surface area contributed by atoms with Crippen LogP contribution in [0.2, 0.25) is 0 Å². The Morgan fingerprint density at radius 1 is 1.26 bits per heavy atom. The van der Waals surface area contributed by atoms with E-state index in [4.69, 9.17) is 4.52 Å². The number of likely N-dealkylation sites (tertiary alicyclic amines) is 1. The van der Waals surface area contributed by atoms with Crippen molar-refractivity contribution in [1.82, 2.24) is 15.1 Å². The van der Waals surface area contributed by atoms with Gasteiger partial charge in [-0.2, -0.15) is 4.98 Å². The molecule has 3 atom stereocenters. The number of aromatic nitrogens is 3. The molecule has 3 aromatic rings. The van der Waals surface area contributed by atoms with E-state index in [1.807, 2.05) is 18.2 Å². The molecule has 3 heterocycles. The maximum atomic E-state index is 10.9. The van der Waals surface area contributed by atoms with Crippen molar-refractivity contribution in [3.8, 4) is 11.5 Å². The molecular formula is C19H18N4O4. The van der Waals surface area contributed by atoms with E-state index >= 15 is 0 Å². The number of nitrogens with one attached hydrogen (secondary N) is 1. The molecule has 27 heavy (non-hydrogen) atoms. The van der Waals surface area contributed by atoms with E-state index in [-0.39, 0.29) is 11.6 Å². The Labute approximate surface area is 155 Å². The number of hydrogen-bond donors (Lipinski definition) is 2. The molecule has 8 heteroatoms. The molecule has 1 aliphatic rings. The van der Waals surface area contributed by atoms with Crippen molar-refractivity contribution in [2.24, 2.45) is 0 Å². The van der Waals surface area contributed by atoms with Crippen molar-refractivity contribution < 1.29 is 24.4 Å². The lowest BCUT2D eigenvalue weighted by atomic mass is 10.1. The van der Waals surface area contributed by atoms with Crippen LogP contribution in [0.3, 0.4) is 0 Å². The van der Waals surface area contributed by atoms with Gasteiger partial charge in [-0.1, -0.05) is 35.5 Å². The fraction of sp³-hybridized carbons (Fsp3) is 0.263. The minimum Gasteiger partial charge on any atom is -0.545 e. The van der Waals surface area contributed by atoms with Crippen molar-refractivity contribution >= 4 is 5.97 Å². The number of carboxylic acid groups (broad SMARTS) is 1. The van der Waals surface area contributed by atoms with Crippen molar-refractivity contribution in [1.29, 1.82) is 0 Å². The summed E-state index contributed by atoms with van der Waals surface area (Å²) in [6, 6.07) is 11.9. The normalized spacial score (nSPS) is 22.0. The van der Waals surface area contributed by atoms with Gasteiger partial charge in [0.2, 0.25) is 5.82 Å². The lowest BCUT2D eigenvalue weighted by Gasteiger charge is -2.18. The second kappa shape index (κ2) is 7.26. The molecule has 1 unspecified atom stereocenters. The maximum absolute atomic E-state index is 10.9. The lowest BCUT2D eigenvalue weighted by Crippen LogP contribution is -3.09. The summed E-state index contributed by atoms with van der Waals surface area (Å²) in [6.07, 6.45) is 1.73. The highest BCUT2D eigenvalue weighted by Crippen LogP contribution is 2.21. The van der Waals surface area contributed by atoms with Gasteiger partial charge in [-0.05, 0) is 17.7 Å². The largest absolute Gasteiger partial charge is 0.545 e. The third-order valence-electron chi connectivity index (χ3n) is 4.75. The van der Waals surface area contributed by atoms with Crippen LogP contribution in [0.15, 0.2) is 53.2 Å². The lowest BCUT2D eigenvalue weighted by molar-refractivity contribution is -0.934. The van der Waals surface area contributed by atoms with Crippen LogP contribution in [-0.2, 0) is 6.54 Å². The van der Waals surface area contributed by atoms with Gasteiger partial charge in [-0.15, -0.1) is 0 Å². The summed E-state index contributed by atoms with van der Waals surface area (Å²) in [5.41, 5.74) is 1.73. The van der Waals surface area contributed by atoms with Crippen molar-refractivity contribution in [2.45, 2.75) is 25.1 Å². The topological polar surface area (TPSA) is 117 Å². The molecule has 0 saturated carbocycles. The zero-order valence-corrected chi connectivity index (χ0v) is 14.4. The Balaban J connectivity index is 1.53. The highest BCUT2D eigenvalue weighted by molar-refractivity contribution is 5.85. The molecule has 1 aromatic carbocycles. The van der Waals surface area contributed by atoms with E-state index in [0.717, 1.165) is 10.5 Å². The van der Waals surface area contributed by atoms with Crippen LogP contribution in [0.1, 0.15) is 34.3 Å². The first-order valence-corrected chi connectivity index (χ1v) is 8.68. The summed E-state index contributed by atoms with van der Waals surface area (Å²) in [6.45, 7) is 1.16. The highest BCUT2D eigenvalue weighted by atomic mass is 16.5. The quantitative estimate of drug-likeness (QED) is 0.618. The molecule has 1 saturated heterocycles. The molecule has 0 amide bonds. The van der Waals surface area contributed by atoms with Gasteiger partial charge in [0.25, 0.3) is 5.89 Å². The number of carbonyl (C=O) groups is 1. The second-order valence-electron chi connectivity index (χ2n) is 6.64. The molecule has 0 bridgehead atoms. The number of aromatic carboxylic acids is 1. The molecule has 1 aliphatic heterocycles. The van der Waals surface area contributed by atoms with Crippen LogP contribution < -0.4 is 10.0 Å². The zero-order valence-electron chi connectivity index (χ0n) is 14.4. The smallest absolute Gasteiger partial charge is 0.285 e. The van der Waals surface area contributed by atoms with Gasteiger partial charge in [0.1, 0.15) is 24.9 Å². The fourth-order valence-electron chi connectivity index (χ4n) is 3.43. The molecule has 0 spiro atoms. The monoisotopic (exact) mass is 366 g/mol. The van der Waals surface area contributed by atoms with Crippen molar-refractivity contribution in [3.63, 3.8) is 0 Å². The van der Waals surface area contributed by atoms with E-state index in [9.17, 15) is 15.0 Å². The Bertz CT molecular complexity index is 926. The third kappa shape index (κ3) is 3.71. The predicted octanol–water partition coefficient (Wildman–Crippen LogP) is -0.614. The van der Waals surface area contributed by atoms with Crippen LogP contribution in [0.5, 0.6) is 0 Å². The summed E-state index contributed by atoms with van der Waals surface area (Å²) in [4.78, 5) is 20.6. The van der Waals surface area contributed by atoms with Gasteiger partial charge in [-0.25, -0.2) is 0 Å². The van der Waals surface area contributed by atoms with Gasteiger partial charge in [0.05, 0.1) is 5.97 Å².